The molecule has 1 N–H and O–H groups in total. The van der Waals surface area contributed by atoms with Gasteiger partial charge >= 0.3 is 12.1 Å². The Bertz CT molecular complexity index is 291. The van der Waals surface area contributed by atoms with Gasteiger partial charge in [-0.2, -0.15) is 0 Å². The predicted molar refractivity (Wildman–Crippen MR) is 51.5 cm³/mol. The molecule has 5 heteroatoms. The first kappa shape index (κ1) is 10.3. The minimum absolute atomic E-state index is 0.0302. The molecule has 2 aliphatic heterocycles. The fourth-order valence-corrected chi connectivity index (χ4v) is 2.52. The molecule has 0 aromatic rings. The Kier molecular flexibility index (Phi) is 2.54. The predicted octanol–water partition coefficient (Wildman–Crippen LogP) is 1.22. The molecule has 1 amide bonds. The first-order valence-electron chi connectivity index (χ1n) is 5.37. The summed E-state index contributed by atoms with van der Waals surface area (Å²) in [6.07, 6.45) is 2.41. The average Bonchev–Trinajstić information content (AvgIpc) is 2.55. The zero-order valence-electron chi connectivity index (χ0n) is 8.68. The van der Waals surface area contributed by atoms with Crippen LogP contribution in [-0.2, 0) is 9.53 Å². The van der Waals surface area contributed by atoms with Gasteiger partial charge in [0.05, 0.1) is 6.04 Å². The number of hydrogen-bond acceptors (Lipinski definition) is 3. The van der Waals surface area contributed by atoms with E-state index in [-0.39, 0.29) is 12.1 Å². The quantitative estimate of drug-likeness (QED) is 0.749. The Morgan fingerprint density at radius 2 is 2.33 bits per heavy atom. The summed E-state index contributed by atoms with van der Waals surface area (Å²) in [5, 5.41) is 9.01. The minimum atomic E-state index is -0.923. The molecule has 2 aliphatic rings. The van der Waals surface area contributed by atoms with Crippen molar-refractivity contribution >= 4 is 12.1 Å². The summed E-state index contributed by atoms with van der Waals surface area (Å²) in [5.41, 5.74) is 0. The highest BCUT2D eigenvalue weighted by Gasteiger charge is 2.48. The fraction of sp³-hybridized carbons (Fsp3) is 0.800. The summed E-state index contributed by atoms with van der Waals surface area (Å²) in [6.45, 7) is 1.95. The first-order valence-corrected chi connectivity index (χ1v) is 5.37. The van der Waals surface area contributed by atoms with E-state index in [0.717, 1.165) is 19.3 Å². The van der Waals surface area contributed by atoms with Gasteiger partial charge in [0, 0.05) is 0 Å². The third-order valence-electron chi connectivity index (χ3n) is 3.25. The standard InChI is InChI=1S/C10H15NO4/c1-2-8-6-4-3-5-7(9(12)13)11(6)10(14)15-8/h6-8H,2-5H2,1H3,(H,12,13)/t6-,7+,8-/m0/s1. The summed E-state index contributed by atoms with van der Waals surface area (Å²) < 4.78 is 5.16. The molecule has 0 saturated carbocycles. The van der Waals surface area contributed by atoms with Crippen molar-refractivity contribution in [2.24, 2.45) is 0 Å². The number of carboxylic acids is 1. The van der Waals surface area contributed by atoms with Gasteiger partial charge in [0.15, 0.2) is 0 Å². The minimum Gasteiger partial charge on any atom is -0.480 e. The van der Waals surface area contributed by atoms with Gasteiger partial charge in [-0.1, -0.05) is 6.92 Å². The van der Waals surface area contributed by atoms with Gasteiger partial charge in [-0.25, -0.2) is 9.59 Å². The molecule has 3 atom stereocenters. The van der Waals surface area contributed by atoms with Crippen LogP contribution in [-0.4, -0.2) is 40.3 Å². The van der Waals surface area contributed by atoms with Gasteiger partial charge in [0.2, 0.25) is 0 Å². The lowest BCUT2D eigenvalue weighted by atomic mass is 9.93. The molecular formula is C10H15NO4. The highest BCUT2D eigenvalue weighted by Crippen LogP contribution is 2.33. The summed E-state index contributed by atoms with van der Waals surface area (Å²) in [7, 11) is 0. The van der Waals surface area contributed by atoms with Crippen molar-refractivity contribution in [1.29, 1.82) is 0 Å². The van der Waals surface area contributed by atoms with Crippen molar-refractivity contribution in [2.45, 2.75) is 50.8 Å². The van der Waals surface area contributed by atoms with Crippen LogP contribution in [0.1, 0.15) is 32.6 Å². The molecule has 2 fully saturated rings. The molecule has 0 aromatic heterocycles. The highest BCUT2D eigenvalue weighted by molar-refractivity contribution is 5.81. The molecule has 0 aromatic carbocycles. The second-order valence-corrected chi connectivity index (χ2v) is 4.09. The van der Waals surface area contributed by atoms with Crippen molar-refractivity contribution in [1.82, 2.24) is 4.90 Å². The zero-order chi connectivity index (χ0) is 11.0. The number of ether oxygens (including phenoxy) is 1. The van der Waals surface area contributed by atoms with E-state index in [1.165, 1.54) is 4.90 Å². The Morgan fingerprint density at radius 3 is 2.93 bits per heavy atom. The maximum Gasteiger partial charge on any atom is 0.411 e. The molecule has 0 radical (unpaired) electrons. The monoisotopic (exact) mass is 213 g/mol. The third kappa shape index (κ3) is 1.56. The van der Waals surface area contributed by atoms with Gasteiger partial charge in [-0.15, -0.1) is 0 Å². The van der Waals surface area contributed by atoms with E-state index >= 15 is 0 Å². The maximum atomic E-state index is 11.5. The van der Waals surface area contributed by atoms with Gasteiger partial charge in [0.1, 0.15) is 12.1 Å². The van der Waals surface area contributed by atoms with E-state index in [2.05, 4.69) is 0 Å². The Morgan fingerprint density at radius 1 is 1.60 bits per heavy atom. The number of aliphatic carboxylic acids is 1. The number of fused-ring (bicyclic) bond motifs is 1. The Labute approximate surface area is 88.0 Å². The van der Waals surface area contributed by atoms with Crippen LogP contribution in [0.2, 0.25) is 0 Å². The number of piperidine rings is 1. The molecule has 2 heterocycles. The van der Waals surface area contributed by atoms with Crippen molar-refractivity contribution in [2.75, 3.05) is 0 Å². The lowest BCUT2D eigenvalue weighted by Gasteiger charge is -2.33. The molecule has 84 valence electrons. The number of carbonyl (C=O) groups excluding carboxylic acids is 1. The summed E-state index contributed by atoms with van der Waals surface area (Å²) in [6, 6.07) is -0.717. The molecule has 15 heavy (non-hydrogen) atoms. The van der Waals surface area contributed by atoms with E-state index in [1.807, 2.05) is 6.92 Å². The highest BCUT2D eigenvalue weighted by atomic mass is 16.6. The first-order chi connectivity index (χ1) is 7.15. The topological polar surface area (TPSA) is 66.8 Å². The maximum absolute atomic E-state index is 11.5. The second-order valence-electron chi connectivity index (χ2n) is 4.09. The van der Waals surface area contributed by atoms with Crippen molar-refractivity contribution < 1.29 is 19.4 Å². The number of hydrogen-bond donors (Lipinski definition) is 1. The van der Waals surface area contributed by atoms with Gasteiger partial charge in [-0.3, -0.25) is 4.90 Å². The van der Waals surface area contributed by atoms with Crippen LogP contribution in [0.5, 0.6) is 0 Å². The number of carboxylic acid groups (broad SMARTS) is 1. The van der Waals surface area contributed by atoms with E-state index in [1.54, 1.807) is 0 Å². The number of cyclic esters (lactones) is 1. The molecule has 2 rings (SSSR count). The van der Waals surface area contributed by atoms with Gasteiger partial charge < -0.3 is 9.84 Å². The average molecular weight is 213 g/mol. The van der Waals surface area contributed by atoms with Crippen molar-refractivity contribution in [3.05, 3.63) is 0 Å². The molecule has 0 aliphatic carbocycles. The fourth-order valence-electron chi connectivity index (χ4n) is 2.52. The third-order valence-corrected chi connectivity index (χ3v) is 3.25. The Hall–Kier alpha value is -1.26. The normalized spacial score (nSPS) is 34.9. The lowest BCUT2D eigenvalue weighted by Crippen LogP contribution is -2.50. The van der Waals surface area contributed by atoms with Crippen molar-refractivity contribution in [3.63, 3.8) is 0 Å². The van der Waals surface area contributed by atoms with E-state index < -0.39 is 18.1 Å². The zero-order valence-corrected chi connectivity index (χ0v) is 8.68. The molecule has 0 spiro atoms. The number of nitrogens with zero attached hydrogens (tertiary/aromatic N) is 1. The van der Waals surface area contributed by atoms with Crippen LogP contribution >= 0.6 is 0 Å². The summed E-state index contributed by atoms with van der Waals surface area (Å²) in [5.74, 6) is -0.923. The smallest absolute Gasteiger partial charge is 0.411 e. The Balaban J connectivity index is 2.21. The van der Waals surface area contributed by atoms with Crippen molar-refractivity contribution in [3.8, 4) is 0 Å². The van der Waals surface area contributed by atoms with Crippen LogP contribution in [0.4, 0.5) is 4.79 Å². The van der Waals surface area contributed by atoms with E-state index in [4.69, 9.17) is 9.84 Å². The lowest BCUT2D eigenvalue weighted by molar-refractivity contribution is -0.143. The number of rotatable bonds is 2. The van der Waals surface area contributed by atoms with Crippen LogP contribution < -0.4 is 0 Å². The molecular weight excluding hydrogens is 198 g/mol. The van der Waals surface area contributed by atoms with Crippen LogP contribution in [0, 0.1) is 0 Å². The number of amides is 1. The largest absolute Gasteiger partial charge is 0.480 e. The molecule has 5 nitrogen and oxygen atoms in total. The summed E-state index contributed by atoms with van der Waals surface area (Å²) in [4.78, 5) is 23.9. The van der Waals surface area contributed by atoms with E-state index in [9.17, 15) is 9.59 Å². The number of carbonyl (C=O) groups is 2. The van der Waals surface area contributed by atoms with Crippen LogP contribution in [0.15, 0.2) is 0 Å². The van der Waals surface area contributed by atoms with Crippen LogP contribution in [0.25, 0.3) is 0 Å². The molecule has 0 unspecified atom stereocenters. The second kappa shape index (κ2) is 3.72. The van der Waals surface area contributed by atoms with Gasteiger partial charge in [0.25, 0.3) is 0 Å². The molecule has 0 bridgehead atoms. The van der Waals surface area contributed by atoms with E-state index in [0.29, 0.717) is 6.42 Å². The molecule has 2 saturated heterocycles. The SMILES string of the molecule is CC[C@@H]1OC(=O)N2[C@@H](C(=O)O)CCC[C@@H]12. The van der Waals surface area contributed by atoms with Crippen LogP contribution in [0.3, 0.4) is 0 Å². The van der Waals surface area contributed by atoms with Gasteiger partial charge in [-0.05, 0) is 25.7 Å². The summed E-state index contributed by atoms with van der Waals surface area (Å²) >= 11 is 0.